The number of nitrogens with zero attached hydrogens (tertiary/aromatic N) is 2. The SMILES string of the molecule is CC(C)[Si](C(C)C)(C(C)C)N1c2ccc(I)cc2[C@]2(F)CC(=O)N(S(=O)(=O)c3ccccc3)[C@H]12. The first-order valence-electron chi connectivity index (χ1n) is 11.7. The van der Waals surface area contributed by atoms with Crippen LogP contribution in [0.2, 0.25) is 16.6 Å². The van der Waals surface area contributed by atoms with Crippen molar-refractivity contribution in [1.29, 1.82) is 0 Å². The van der Waals surface area contributed by atoms with E-state index in [0.29, 0.717) is 5.56 Å². The molecular formula is C25H32FIN2O3SSi. The molecule has 2 aliphatic heterocycles. The standard InChI is InChI=1S/C25H32FIN2O3SSi/c1-16(2)34(17(3)4,18(5)6)29-22-13-12-19(27)14-21(22)25(26)15-23(30)28(24(25)29)33(31,32)20-10-8-7-9-11-20/h7-14,16-18,24H,15H2,1-6H3/t24-,25-/m1/s1. The maximum atomic E-state index is 17.2. The topological polar surface area (TPSA) is 57.7 Å². The van der Waals surface area contributed by atoms with Crippen molar-refractivity contribution in [2.75, 3.05) is 4.57 Å². The first-order valence-corrected chi connectivity index (χ1v) is 16.4. The van der Waals surface area contributed by atoms with E-state index in [2.05, 4.69) is 68.7 Å². The van der Waals surface area contributed by atoms with Gasteiger partial charge in [0.2, 0.25) is 5.91 Å². The molecule has 2 aromatic carbocycles. The summed E-state index contributed by atoms with van der Waals surface area (Å²) in [6, 6.07) is 13.5. The van der Waals surface area contributed by atoms with Crippen molar-refractivity contribution in [3.8, 4) is 0 Å². The van der Waals surface area contributed by atoms with Crippen LogP contribution < -0.4 is 4.57 Å². The predicted molar refractivity (Wildman–Crippen MR) is 144 cm³/mol. The number of hydrogen-bond acceptors (Lipinski definition) is 4. The van der Waals surface area contributed by atoms with Crippen LogP contribution >= 0.6 is 22.6 Å². The molecule has 2 aliphatic rings. The zero-order valence-electron chi connectivity index (χ0n) is 20.4. The van der Waals surface area contributed by atoms with Gasteiger partial charge in [-0.3, -0.25) is 4.79 Å². The van der Waals surface area contributed by atoms with Gasteiger partial charge in [0.1, 0.15) is 0 Å². The van der Waals surface area contributed by atoms with Gasteiger partial charge in [-0.1, -0.05) is 59.7 Å². The average Bonchev–Trinajstić information content (AvgIpc) is 3.15. The molecule has 2 atom stereocenters. The van der Waals surface area contributed by atoms with E-state index in [1.54, 1.807) is 24.3 Å². The van der Waals surface area contributed by atoms with Gasteiger partial charge in [0.15, 0.2) is 20.1 Å². The van der Waals surface area contributed by atoms with E-state index < -0.39 is 42.4 Å². The van der Waals surface area contributed by atoms with Gasteiger partial charge >= 0.3 is 0 Å². The predicted octanol–water partition coefficient (Wildman–Crippen LogP) is 6.40. The summed E-state index contributed by atoms with van der Waals surface area (Å²) in [5, 5.41) is 0. The number of carbonyl (C=O) groups is 1. The Bertz CT molecular complexity index is 1200. The van der Waals surface area contributed by atoms with Gasteiger partial charge in [-0.15, -0.1) is 0 Å². The van der Waals surface area contributed by atoms with Crippen molar-refractivity contribution in [1.82, 2.24) is 4.31 Å². The highest BCUT2D eigenvalue weighted by molar-refractivity contribution is 14.1. The quantitative estimate of drug-likeness (QED) is 0.279. The molecule has 1 fully saturated rings. The summed E-state index contributed by atoms with van der Waals surface area (Å²) >= 11 is 2.15. The maximum Gasteiger partial charge on any atom is 0.268 e. The number of sulfonamides is 1. The van der Waals surface area contributed by atoms with Gasteiger partial charge < -0.3 is 4.57 Å². The molecule has 0 spiro atoms. The first-order chi connectivity index (χ1) is 15.8. The number of benzene rings is 2. The lowest BCUT2D eigenvalue weighted by Crippen LogP contribution is -2.67. The fourth-order valence-electron chi connectivity index (χ4n) is 6.66. The fourth-order valence-corrected chi connectivity index (χ4v) is 15.8. The lowest BCUT2D eigenvalue weighted by atomic mass is 9.95. The summed E-state index contributed by atoms with van der Waals surface area (Å²) in [7, 11) is -6.87. The van der Waals surface area contributed by atoms with Crippen LogP contribution in [-0.4, -0.2) is 33.0 Å². The van der Waals surface area contributed by atoms with E-state index >= 15 is 4.39 Å². The third-order valence-electron chi connectivity index (χ3n) is 7.69. The largest absolute Gasteiger partial charge is 0.373 e. The lowest BCUT2D eigenvalue weighted by molar-refractivity contribution is -0.124. The number of alkyl halides is 1. The molecule has 0 aromatic heterocycles. The third kappa shape index (κ3) is 3.40. The van der Waals surface area contributed by atoms with E-state index in [1.807, 2.05) is 12.1 Å². The first kappa shape index (κ1) is 25.6. The highest BCUT2D eigenvalue weighted by atomic mass is 127. The van der Waals surface area contributed by atoms with E-state index in [9.17, 15) is 13.2 Å². The molecule has 0 unspecified atom stereocenters. The molecule has 2 heterocycles. The van der Waals surface area contributed by atoms with Crippen molar-refractivity contribution >= 4 is 52.4 Å². The van der Waals surface area contributed by atoms with Crippen LogP contribution in [0, 0.1) is 3.57 Å². The summed E-state index contributed by atoms with van der Waals surface area (Å²) < 4.78 is 48.8. The van der Waals surface area contributed by atoms with Gasteiger partial charge in [-0.25, -0.2) is 17.1 Å². The Morgan fingerprint density at radius 3 is 2.09 bits per heavy atom. The van der Waals surface area contributed by atoms with Crippen molar-refractivity contribution < 1.29 is 17.6 Å². The van der Waals surface area contributed by atoms with E-state index in [0.717, 1.165) is 13.6 Å². The molecule has 184 valence electrons. The Kier molecular flexibility index (Phi) is 6.47. The summed E-state index contributed by atoms with van der Waals surface area (Å²) in [6.45, 7) is 12.9. The fraction of sp³-hybridized carbons (Fsp3) is 0.480. The van der Waals surface area contributed by atoms with Crippen LogP contribution in [0.3, 0.4) is 0 Å². The van der Waals surface area contributed by atoms with Crippen molar-refractivity contribution in [3.63, 3.8) is 0 Å². The normalized spacial score (nSPS) is 22.8. The van der Waals surface area contributed by atoms with Crippen LogP contribution in [0.4, 0.5) is 10.1 Å². The molecule has 0 N–H and O–H groups in total. The molecule has 1 amide bonds. The minimum Gasteiger partial charge on any atom is -0.373 e. The Morgan fingerprint density at radius 2 is 1.56 bits per heavy atom. The van der Waals surface area contributed by atoms with Crippen LogP contribution in [0.25, 0.3) is 0 Å². The summed E-state index contributed by atoms with van der Waals surface area (Å²) in [5.41, 5.74) is -0.359. The van der Waals surface area contributed by atoms with Crippen LogP contribution in [0.5, 0.6) is 0 Å². The van der Waals surface area contributed by atoms with Crippen molar-refractivity contribution in [2.24, 2.45) is 0 Å². The Morgan fingerprint density at radius 1 is 1.00 bits per heavy atom. The molecule has 9 heteroatoms. The average molecular weight is 615 g/mol. The van der Waals surface area contributed by atoms with Crippen LogP contribution in [0.15, 0.2) is 53.4 Å². The number of hydrogen-bond donors (Lipinski definition) is 0. The van der Waals surface area contributed by atoms with Gasteiger partial charge in [-0.05, 0) is 69.5 Å². The second-order valence-corrected chi connectivity index (χ2v) is 19.1. The Hall–Kier alpha value is -1.46. The molecule has 0 bridgehead atoms. The minimum absolute atomic E-state index is 0.00370. The zero-order chi connectivity index (χ0) is 25.2. The molecule has 34 heavy (non-hydrogen) atoms. The Balaban J connectivity index is 2.05. The van der Waals surface area contributed by atoms with E-state index in [4.69, 9.17) is 0 Å². The molecule has 4 rings (SSSR count). The number of anilines is 1. The zero-order valence-corrected chi connectivity index (χ0v) is 24.4. The second kappa shape index (κ2) is 8.58. The summed E-state index contributed by atoms with van der Waals surface area (Å²) in [6.07, 6.45) is -1.70. The number of rotatable bonds is 6. The molecule has 2 aromatic rings. The monoisotopic (exact) mass is 614 g/mol. The van der Waals surface area contributed by atoms with Crippen molar-refractivity contribution in [3.05, 3.63) is 57.7 Å². The van der Waals surface area contributed by atoms with Gasteiger partial charge in [-0.2, -0.15) is 0 Å². The van der Waals surface area contributed by atoms with E-state index in [-0.39, 0.29) is 21.5 Å². The van der Waals surface area contributed by atoms with Crippen LogP contribution in [-0.2, 0) is 20.5 Å². The maximum absolute atomic E-state index is 17.2. The Labute approximate surface area is 217 Å². The number of amides is 1. The molecule has 5 nitrogen and oxygen atoms in total. The van der Waals surface area contributed by atoms with Gasteiger partial charge in [0.05, 0.1) is 11.3 Å². The van der Waals surface area contributed by atoms with Gasteiger partial charge in [0.25, 0.3) is 10.0 Å². The van der Waals surface area contributed by atoms with Gasteiger partial charge in [0, 0.05) is 14.8 Å². The second-order valence-electron chi connectivity index (χ2n) is 10.3. The molecular weight excluding hydrogens is 582 g/mol. The molecule has 0 radical (unpaired) electrons. The van der Waals surface area contributed by atoms with Crippen LogP contribution in [0.1, 0.15) is 53.5 Å². The van der Waals surface area contributed by atoms with E-state index in [1.165, 1.54) is 12.1 Å². The molecule has 0 aliphatic carbocycles. The number of fused-ring (bicyclic) bond motifs is 3. The van der Waals surface area contributed by atoms with Crippen molar-refractivity contribution in [2.45, 2.75) is 81.3 Å². The summed E-state index contributed by atoms with van der Waals surface area (Å²) in [4.78, 5) is 13.4. The molecule has 1 saturated heterocycles. The smallest absolute Gasteiger partial charge is 0.268 e. The molecule has 0 saturated carbocycles. The minimum atomic E-state index is -4.26. The third-order valence-corrected chi connectivity index (χ3v) is 17.0. The number of carbonyl (C=O) groups excluding carboxylic acids is 1. The highest BCUT2D eigenvalue weighted by Crippen LogP contribution is 2.60. The number of halogens is 2. The lowest BCUT2D eigenvalue weighted by Gasteiger charge is -2.54. The highest BCUT2D eigenvalue weighted by Gasteiger charge is 2.69. The summed E-state index contributed by atoms with van der Waals surface area (Å²) in [5.74, 6) is -0.690.